The molecular weight excluding hydrogens is 380 g/mol. The topological polar surface area (TPSA) is 77.8 Å². The monoisotopic (exact) mass is 414 g/mol. The van der Waals surface area contributed by atoms with Gasteiger partial charge in [-0.25, -0.2) is 4.79 Å². The molecule has 2 N–H and O–H groups in total. The molecule has 1 aromatic carbocycles. The fourth-order valence-electron chi connectivity index (χ4n) is 3.14. The summed E-state index contributed by atoms with van der Waals surface area (Å²) in [7, 11) is 3.92. The van der Waals surface area contributed by atoms with E-state index in [1.54, 1.807) is 12.1 Å². The lowest BCUT2D eigenvalue weighted by Gasteiger charge is -2.32. The first kappa shape index (κ1) is 23.3. The summed E-state index contributed by atoms with van der Waals surface area (Å²) < 4.78 is 5.37. The Morgan fingerprint density at radius 3 is 2.30 bits per heavy atom. The van der Waals surface area contributed by atoms with Crippen LogP contribution in [0.15, 0.2) is 41.0 Å². The third kappa shape index (κ3) is 6.02. The van der Waals surface area contributed by atoms with Gasteiger partial charge in [0.15, 0.2) is 5.76 Å². The van der Waals surface area contributed by atoms with Crippen molar-refractivity contribution in [3.05, 3.63) is 47.9 Å². The Balaban J connectivity index is 2.37. The molecule has 0 radical (unpaired) electrons. The van der Waals surface area contributed by atoms with Crippen molar-refractivity contribution in [3.8, 4) is 0 Å². The molecule has 0 aliphatic heterocycles. The summed E-state index contributed by atoms with van der Waals surface area (Å²) in [5.74, 6) is 0.436. The molecule has 1 heterocycles. The average molecular weight is 415 g/mol. The maximum Gasteiger partial charge on any atom is 0.319 e. The molecule has 30 heavy (non-hydrogen) atoms. The van der Waals surface area contributed by atoms with Crippen LogP contribution < -0.4 is 15.5 Å². The number of hydrogen-bond acceptors (Lipinski definition) is 4. The number of nitrogens with one attached hydrogen (secondary N) is 2. The molecular formula is C23H34N4O3. The number of hydrogen-bond donors (Lipinski definition) is 2. The first-order valence-corrected chi connectivity index (χ1v) is 10.3. The van der Waals surface area contributed by atoms with Gasteiger partial charge in [0.2, 0.25) is 0 Å². The Hall–Kier alpha value is -2.96. The van der Waals surface area contributed by atoms with Crippen molar-refractivity contribution in [1.29, 1.82) is 0 Å². The van der Waals surface area contributed by atoms with Gasteiger partial charge in [0, 0.05) is 44.1 Å². The lowest BCUT2D eigenvalue weighted by molar-refractivity contribution is 0.0595. The fraction of sp³-hybridized carbons (Fsp3) is 0.478. The summed E-state index contributed by atoms with van der Waals surface area (Å²) in [5.41, 5.74) is 2.60. The molecule has 0 saturated heterocycles. The number of nitrogens with zero attached hydrogens (tertiary/aromatic N) is 2. The number of furan rings is 1. The number of amides is 3. The predicted octanol–water partition coefficient (Wildman–Crippen LogP) is 4.56. The van der Waals surface area contributed by atoms with Crippen LogP contribution >= 0.6 is 0 Å². The largest absolute Gasteiger partial charge is 0.459 e. The minimum Gasteiger partial charge on any atom is -0.459 e. The van der Waals surface area contributed by atoms with Gasteiger partial charge in [-0.3, -0.25) is 4.79 Å². The van der Waals surface area contributed by atoms with Crippen LogP contribution in [0, 0.1) is 5.92 Å². The van der Waals surface area contributed by atoms with Crippen molar-refractivity contribution in [2.45, 2.75) is 53.2 Å². The zero-order valence-electron chi connectivity index (χ0n) is 19.0. The van der Waals surface area contributed by atoms with Gasteiger partial charge in [-0.1, -0.05) is 13.8 Å². The second-order valence-electron chi connectivity index (χ2n) is 8.39. The van der Waals surface area contributed by atoms with Gasteiger partial charge in [-0.05, 0) is 62.6 Å². The van der Waals surface area contributed by atoms with Gasteiger partial charge in [0.1, 0.15) is 0 Å². The highest BCUT2D eigenvalue weighted by atomic mass is 16.3. The van der Waals surface area contributed by atoms with Crippen LogP contribution in [-0.2, 0) is 6.54 Å². The number of rotatable bonds is 8. The van der Waals surface area contributed by atoms with Crippen molar-refractivity contribution >= 4 is 23.3 Å². The highest BCUT2D eigenvalue weighted by molar-refractivity contribution is 5.92. The molecule has 0 aliphatic carbocycles. The van der Waals surface area contributed by atoms with E-state index in [0.717, 1.165) is 11.3 Å². The van der Waals surface area contributed by atoms with E-state index in [4.69, 9.17) is 4.42 Å². The molecule has 0 spiro atoms. The number of carbonyl (C=O) groups excluding carboxylic acids is 2. The van der Waals surface area contributed by atoms with Crippen molar-refractivity contribution in [3.63, 3.8) is 0 Å². The summed E-state index contributed by atoms with van der Waals surface area (Å²) >= 11 is 0. The second kappa shape index (κ2) is 10.2. The maximum absolute atomic E-state index is 13.2. The highest BCUT2D eigenvalue weighted by Crippen LogP contribution is 2.27. The van der Waals surface area contributed by atoms with E-state index in [9.17, 15) is 9.59 Å². The first-order chi connectivity index (χ1) is 14.1. The number of urea groups is 1. The third-order valence-electron chi connectivity index (χ3n) is 5.03. The molecule has 2 aromatic rings. The zero-order valence-corrected chi connectivity index (χ0v) is 19.0. The lowest BCUT2D eigenvalue weighted by atomic mass is 10.0. The lowest BCUT2D eigenvalue weighted by Crippen LogP contribution is -2.41. The molecule has 164 valence electrons. The van der Waals surface area contributed by atoms with Crippen LogP contribution in [0.4, 0.5) is 16.2 Å². The predicted molar refractivity (Wildman–Crippen MR) is 121 cm³/mol. The van der Waals surface area contributed by atoms with E-state index >= 15 is 0 Å². The van der Waals surface area contributed by atoms with Gasteiger partial charge in [0.05, 0.1) is 6.26 Å². The molecule has 2 rings (SSSR count). The van der Waals surface area contributed by atoms with Crippen molar-refractivity contribution < 1.29 is 14.0 Å². The van der Waals surface area contributed by atoms with E-state index < -0.39 is 0 Å². The Labute approximate surface area is 179 Å². The van der Waals surface area contributed by atoms with Gasteiger partial charge >= 0.3 is 6.03 Å². The molecule has 0 saturated carbocycles. The molecule has 7 nitrogen and oxygen atoms in total. The molecule has 7 heteroatoms. The zero-order chi connectivity index (χ0) is 22.4. The Kier molecular flexibility index (Phi) is 7.92. The Morgan fingerprint density at radius 1 is 1.07 bits per heavy atom. The Morgan fingerprint density at radius 2 is 1.77 bits per heavy atom. The summed E-state index contributed by atoms with van der Waals surface area (Å²) in [6.45, 7) is 10.4. The van der Waals surface area contributed by atoms with E-state index in [1.165, 1.54) is 6.26 Å². The van der Waals surface area contributed by atoms with Crippen LogP contribution in [0.1, 0.15) is 50.7 Å². The highest BCUT2D eigenvalue weighted by Gasteiger charge is 2.27. The SMILES string of the molecule is CC(C)NC(=O)Nc1ccc(N(C)C)c(CN(C(=O)c2ccco2)C(C)C(C)C)c1. The smallest absolute Gasteiger partial charge is 0.319 e. The molecule has 1 aromatic heterocycles. The second-order valence-corrected chi connectivity index (χ2v) is 8.39. The molecule has 1 atom stereocenters. The maximum atomic E-state index is 13.2. The molecule has 0 fully saturated rings. The molecule has 3 amide bonds. The summed E-state index contributed by atoms with van der Waals surface area (Å²) in [4.78, 5) is 29.1. The van der Waals surface area contributed by atoms with E-state index in [2.05, 4.69) is 24.5 Å². The minimum absolute atomic E-state index is 0.00142. The van der Waals surface area contributed by atoms with Gasteiger partial charge in [-0.2, -0.15) is 0 Å². The summed E-state index contributed by atoms with van der Waals surface area (Å²) in [5, 5.41) is 5.69. The quantitative estimate of drug-likeness (QED) is 0.664. The van der Waals surface area contributed by atoms with Gasteiger partial charge < -0.3 is 24.9 Å². The van der Waals surface area contributed by atoms with Crippen molar-refractivity contribution in [1.82, 2.24) is 10.2 Å². The first-order valence-electron chi connectivity index (χ1n) is 10.3. The van der Waals surface area contributed by atoms with Crippen LogP contribution in [0.2, 0.25) is 0 Å². The summed E-state index contributed by atoms with van der Waals surface area (Å²) in [6.07, 6.45) is 1.51. The van der Waals surface area contributed by atoms with Gasteiger partial charge in [0.25, 0.3) is 5.91 Å². The van der Waals surface area contributed by atoms with E-state index in [-0.39, 0.29) is 29.9 Å². The molecule has 0 aliphatic rings. The van der Waals surface area contributed by atoms with Crippen molar-refractivity contribution in [2.24, 2.45) is 5.92 Å². The van der Waals surface area contributed by atoms with Crippen LogP contribution in [0.5, 0.6) is 0 Å². The number of carbonyl (C=O) groups is 2. The number of anilines is 2. The van der Waals surface area contributed by atoms with Crippen molar-refractivity contribution in [2.75, 3.05) is 24.3 Å². The average Bonchev–Trinajstić information content (AvgIpc) is 3.18. The standard InChI is InChI=1S/C23H34N4O3/c1-15(2)17(5)27(22(28)21-9-8-12-30-21)14-18-13-19(10-11-20(18)26(6)7)25-23(29)24-16(3)4/h8-13,15-17H,14H2,1-7H3,(H2,24,25,29). The molecule has 0 bridgehead atoms. The summed E-state index contributed by atoms with van der Waals surface area (Å²) in [6, 6.07) is 8.92. The van der Waals surface area contributed by atoms with Crippen LogP contribution in [0.3, 0.4) is 0 Å². The van der Waals surface area contributed by atoms with E-state index in [0.29, 0.717) is 18.0 Å². The van der Waals surface area contributed by atoms with E-state index in [1.807, 2.05) is 62.9 Å². The number of benzene rings is 1. The fourth-order valence-corrected chi connectivity index (χ4v) is 3.14. The van der Waals surface area contributed by atoms with Gasteiger partial charge in [-0.15, -0.1) is 0 Å². The van der Waals surface area contributed by atoms with Crippen LogP contribution in [0.25, 0.3) is 0 Å². The third-order valence-corrected chi connectivity index (χ3v) is 5.03. The molecule has 1 unspecified atom stereocenters. The Bertz CT molecular complexity index is 844. The van der Waals surface area contributed by atoms with Crippen LogP contribution in [-0.4, -0.2) is 43.0 Å². The minimum atomic E-state index is -0.257. The normalized spacial score (nSPS) is 12.0.